The number of hydrogen-bond donors (Lipinski definition) is 1. The van der Waals surface area contributed by atoms with Crippen LogP contribution in [0.25, 0.3) is 0 Å². The summed E-state index contributed by atoms with van der Waals surface area (Å²) < 4.78 is 7.42. The average Bonchev–Trinajstić information content (AvgIpc) is 1.35. The zero-order chi connectivity index (χ0) is 5.21. The number of nitrogens with one attached hydrogen (secondary N) is 1. The Bertz CT molecular complexity index is 53.1. The molecular formula is C4H10BiN. The standard InChI is InChI=1S/C4H9.Bi.HN/c1-4(2)3;;/h1-3H3;;1H. The van der Waals surface area contributed by atoms with E-state index in [0.717, 1.165) is 0 Å². The third kappa shape index (κ3) is 4.68. The van der Waals surface area contributed by atoms with Crippen molar-refractivity contribution in [3.63, 3.8) is 0 Å². The molecule has 6 heavy (non-hydrogen) atoms. The van der Waals surface area contributed by atoms with Crippen molar-refractivity contribution in [3.05, 3.63) is 0 Å². The topological polar surface area (TPSA) is 23.9 Å². The van der Waals surface area contributed by atoms with Crippen molar-refractivity contribution in [2.24, 2.45) is 0 Å². The van der Waals surface area contributed by atoms with Crippen LogP contribution in [0, 0.1) is 3.29 Å². The first-order valence-electron chi connectivity index (χ1n) is 1.95. The molecule has 0 unspecified atom stereocenters. The predicted octanol–water partition coefficient (Wildman–Crippen LogP) is 1.67. The van der Waals surface area contributed by atoms with Crippen molar-refractivity contribution in [3.8, 4) is 0 Å². The predicted molar refractivity (Wildman–Crippen MR) is 28.2 cm³/mol. The van der Waals surface area contributed by atoms with Crippen LogP contribution in [0.1, 0.15) is 20.8 Å². The Labute approximate surface area is 50.4 Å². The Morgan fingerprint density at radius 3 is 1.50 bits per heavy atom. The van der Waals surface area contributed by atoms with Crippen LogP contribution >= 0.6 is 0 Å². The monoisotopic (exact) mass is 281 g/mol. The van der Waals surface area contributed by atoms with E-state index in [1.54, 1.807) is 0 Å². The van der Waals surface area contributed by atoms with Gasteiger partial charge in [0.15, 0.2) is 0 Å². The zero-order valence-corrected chi connectivity index (χ0v) is 7.92. The molecule has 0 atom stereocenters. The molecule has 2 heteroatoms. The van der Waals surface area contributed by atoms with Gasteiger partial charge in [-0.15, -0.1) is 0 Å². The summed E-state index contributed by atoms with van der Waals surface area (Å²) in [5.74, 6) is 0. The van der Waals surface area contributed by atoms with E-state index < -0.39 is 23.1 Å². The van der Waals surface area contributed by atoms with Crippen LogP contribution in [-0.2, 0) is 0 Å². The minimum absolute atomic E-state index is 0.389. The maximum atomic E-state index is 7.03. The number of rotatable bonds is 0. The van der Waals surface area contributed by atoms with Crippen LogP contribution in [0.3, 0.4) is 0 Å². The normalized spacial score (nSPS) is 11.2. The van der Waals surface area contributed by atoms with E-state index in [-0.39, 0.29) is 0 Å². The summed E-state index contributed by atoms with van der Waals surface area (Å²) >= 11 is -0.803. The van der Waals surface area contributed by atoms with Gasteiger partial charge < -0.3 is 0 Å². The van der Waals surface area contributed by atoms with Crippen molar-refractivity contribution in [1.82, 2.24) is 0 Å². The fourth-order valence-electron chi connectivity index (χ4n) is 0. The van der Waals surface area contributed by atoms with Gasteiger partial charge in [-0.1, -0.05) is 0 Å². The molecular weight excluding hydrogens is 271 g/mol. The van der Waals surface area contributed by atoms with Gasteiger partial charge in [-0.2, -0.15) is 0 Å². The Morgan fingerprint density at radius 1 is 1.33 bits per heavy atom. The van der Waals surface area contributed by atoms with Gasteiger partial charge in [-0.25, -0.2) is 0 Å². The molecule has 0 spiro atoms. The van der Waals surface area contributed by atoms with Crippen LogP contribution in [-0.4, -0.2) is 23.1 Å². The Balaban J connectivity index is 3.45. The molecule has 0 fully saturated rings. The molecule has 1 N–H and O–H groups in total. The molecule has 36 valence electrons. The molecule has 0 aromatic carbocycles. The first kappa shape index (κ1) is 6.68. The first-order valence-corrected chi connectivity index (χ1v) is 5.42. The second-order valence-electron chi connectivity index (χ2n) is 2.28. The molecule has 0 bridgehead atoms. The van der Waals surface area contributed by atoms with Gasteiger partial charge in [0.2, 0.25) is 0 Å². The summed E-state index contributed by atoms with van der Waals surface area (Å²) in [6, 6.07) is 0. The average molecular weight is 281 g/mol. The van der Waals surface area contributed by atoms with Crippen LogP contribution in [0.15, 0.2) is 0 Å². The van der Waals surface area contributed by atoms with Gasteiger partial charge in [-0.3, -0.25) is 0 Å². The molecule has 0 saturated carbocycles. The molecule has 1 nitrogen and oxygen atoms in total. The molecule has 0 aliphatic heterocycles. The van der Waals surface area contributed by atoms with E-state index in [4.69, 9.17) is 3.29 Å². The van der Waals surface area contributed by atoms with Crippen molar-refractivity contribution in [1.29, 1.82) is 3.29 Å². The van der Waals surface area contributed by atoms with E-state index >= 15 is 0 Å². The van der Waals surface area contributed by atoms with Crippen LogP contribution in [0.4, 0.5) is 0 Å². The Hall–Kier alpha value is 0.683. The molecule has 0 aromatic rings. The summed E-state index contributed by atoms with van der Waals surface area (Å²) in [5.41, 5.74) is 0. The molecule has 0 radical (unpaired) electrons. The maximum absolute atomic E-state index is 7.03. The molecule has 0 aliphatic carbocycles. The third-order valence-electron chi connectivity index (χ3n) is 0.335. The first-order chi connectivity index (χ1) is 2.56. The number of hydrogen-bond acceptors (Lipinski definition) is 1. The van der Waals surface area contributed by atoms with Crippen molar-refractivity contribution in [2.45, 2.75) is 23.9 Å². The van der Waals surface area contributed by atoms with Crippen molar-refractivity contribution in [2.75, 3.05) is 0 Å². The Kier molecular flexibility index (Phi) is 2.35. The molecule has 0 amide bonds. The van der Waals surface area contributed by atoms with Gasteiger partial charge in [0.1, 0.15) is 0 Å². The van der Waals surface area contributed by atoms with E-state index in [0.29, 0.717) is 3.12 Å². The quantitative estimate of drug-likeness (QED) is 0.653. The summed E-state index contributed by atoms with van der Waals surface area (Å²) in [6.45, 7) is 6.41. The van der Waals surface area contributed by atoms with E-state index in [9.17, 15) is 0 Å². The van der Waals surface area contributed by atoms with Crippen molar-refractivity contribution < 1.29 is 0 Å². The molecule has 0 saturated heterocycles. The SMILES string of the molecule is C[C](C)(C)[Bi]=[NH]. The van der Waals surface area contributed by atoms with Gasteiger partial charge >= 0.3 is 50.3 Å². The minimum atomic E-state index is -0.803. The van der Waals surface area contributed by atoms with Gasteiger partial charge in [0.05, 0.1) is 0 Å². The molecule has 0 aromatic heterocycles. The van der Waals surface area contributed by atoms with Crippen molar-refractivity contribution >= 4 is 23.1 Å². The fraction of sp³-hybridized carbons (Fsp3) is 1.00. The molecule has 0 aliphatic rings. The summed E-state index contributed by atoms with van der Waals surface area (Å²) in [4.78, 5) is 0. The zero-order valence-electron chi connectivity index (χ0n) is 4.45. The second kappa shape index (κ2) is 2.11. The Morgan fingerprint density at radius 2 is 1.50 bits per heavy atom. The molecule has 0 rings (SSSR count). The third-order valence-corrected chi connectivity index (χ3v) is 2.94. The van der Waals surface area contributed by atoms with Crippen LogP contribution in [0.2, 0.25) is 3.12 Å². The van der Waals surface area contributed by atoms with Gasteiger partial charge in [0, 0.05) is 0 Å². The van der Waals surface area contributed by atoms with Crippen LogP contribution < -0.4 is 0 Å². The van der Waals surface area contributed by atoms with Crippen LogP contribution in [0.5, 0.6) is 0 Å². The molecule has 0 heterocycles. The summed E-state index contributed by atoms with van der Waals surface area (Å²) in [6.07, 6.45) is 0. The summed E-state index contributed by atoms with van der Waals surface area (Å²) in [5, 5.41) is 0. The fourth-order valence-corrected chi connectivity index (χ4v) is 0. The summed E-state index contributed by atoms with van der Waals surface area (Å²) in [7, 11) is 0. The van der Waals surface area contributed by atoms with Gasteiger partial charge in [0.25, 0.3) is 0 Å². The second-order valence-corrected chi connectivity index (χ2v) is 8.37. The van der Waals surface area contributed by atoms with E-state index in [1.807, 2.05) is 0 Å². The van der Waals surface area contributed by atoms with E-state index in [1.165, 1.54) is 0 Å². The van der Waals surface area contributed by atoms with Gasteiger partial charge in [-0.05, 0) is 0 Å². The van der Waals surface area contributed by atoms with E-state index in [2.05, 4.69) is 20.8 Å².